The summed E-state index contributed by atoms with van der Waals surface area (Å²) in [6, 6.07) is 6.85. The predicted molar refractivity (Wildman–Crippen MR) is 112 cm³/mol. The fourth-order valence-electron chi connectivity index (χ4n) is 3.19. The van der Waals surface area contributed by atoms with Crippen LogP contribution in [0.4, 0.5) is 0 Å². The smallest absolute Gasteiger partial charge is 0.240 e. The first-order chi connectivity index (χ1) is 12.8. The van der Waals surface area contributed by atoms with Gasteiger partial charge < -0.3 is 4.90 Å². The highest BCUT2D eigenvalue weighted by Crippen LogP contribution is 2.21. The van der Waals surface area contributed by atoms with Crippen LogP contribution in [0.3, 0.4) is 0 Å². The molecule has 1 N–H and O–H groups in total. The van der Waals surface area contributed by atoms with Crippen LogP contribution >= 0.6 is 11.8 Å². The van der Waals surface area contributed by atoms with Crippen LogP contribution < -0.4 is 4.72 Å². The molecule has 5 nitrogen and oxygen atoms in total. The summed E-state index contributed by atoms with van der Waals surface area (Å²) in [6.45, 7) is 7.84. The van der Waals surface area contributed by atoms with Crippen molar-refractivity contribution in [3.05, 3.63) is 29.8 Å². The van der Waals surface area contributed by atoms with E-state index in [1.165, 1.54) is 0 Å². The van der Waals surface area contributed by atoms with Crippen LogP contribution in [0.5, 0.6) is 0 Å². The summed E-state index contributed by atoms with van der Waals surface area (Å²) in [4.78, 5) is 14.9. The van der Waals surface area contributed by atoms with Crippen molar-refractivity contribution in [2.24, 2.45) is 5.92 Å². The Labute approximate surface area is 168 Å². The fraction of sp³-hybridized carbons (Fsp3) is 0.650. The van der Waals surface area contributed by atoms with E-state index in [1.807, 2.05) is 18.7 Å². The lowest BCUT2D eigenvalue weighted by Crippen LogP contribution is -2.46. The van der Waals surface area contributed by atoms with E-state index in [0.717, 1.165) is 43.5 Å². The number of hydrogen-bond donors (Lipinski definition) is 1. The Hall–Kier alpha value is -1.05. The van der Waals surface area contributed by atoms with E-state index in [4.69, 9.17) is 0 Å². The number of benzene rings is 1. The summed E-state index contributed by atoms with van der Waals surface area (Å²) < 4.78 is 27.6. The minimum absolute atomic E-state index is 0.0282. The van der Waals surface area contributed by atoms with E-state index in [-0.39, 0.29) is 22.0 Å². The number of thioether (sulfide) groups is 1. The lowest BCUT2D eigenvalue weighted by Gasteiger charge is -2.34. The van der Waals surface area contributed by atoms with E-state index >= 15 is 0 Å². The van der Waals surface area contributed by atoms with Crippen molar-refractivity contribution in [3.8, 4) is 0 Å². The molecule has 7 heteroatoms. The molecule has 1 aliphatic rings. The zero-order valence-electron chi connectivity index (χ0n) is 16.6. The van der Waals surface area contributed by atoms with Gasteiger partial charge in [-0.05, 0) is 56.9 Å². The van der Waals surface area contributed by atoms with Crippen LogP contribution in [0.1, 0.15) is 45.1 Å². The molecule has 1 fully saturated rings. The van der Waals surface area contributed by atoms with Crippen molar-refractivity contribution < 1.29 is 13.2 Å². The summed E-state index contributed by atoms with van der Waals surface area (Å²) in [5.74, 6) is 1.36. The van der Waals surface area contributed by atoms with Crippen LogP contribution in [0, 0.1) is 12.8 Å². The Bertz CT molecular complexity index is 704. The second-order valence-electron chi connectivity index (χ2n) is 7.32. The van der Waals surface area contributed by atoms with Gasteiger partial charge in [-0.2, -0.15) is 0 Å². The van der Waals surface area contributed by atoms with Gasteiger partial charge in [-0.3, -0.25) is 4.79 Å². The monoisotopic (exact) mass is 412 g/mol. The second kappa shape index (κ2) is 10.5. The van der Waals surface area contributed by atoms with Crippen LogP contribution in [0.2, 0.25) is 0 Å². The molecule has 2 atom stereocenters. The van der Waals surface area contributed by atoms with Gasteiger partial charge in [0, 0.05) is 19.6 Å². The molecule has 0 saturated carbocycles. The first-order valence-electron chi connectivity index (χ1n) is 9.80. The molecule has 1 aliphatic heterocycles. The zero-order chi connectivity index (χ0) is 19.9. The van der Waals surface area contributed by atoms with Gasteiger partial charge in [0.1, 0.15) is 0 Å². The molecular formula is C20H32N2O3S2. The number of unbranched alkanes of at least 4 members (excludes halogenated alkanes) is 1. The molecule has 0 aromatic heterocycles. The third-order valence-electron chi connectivity index (χ3n) is 4.94. The highest BCUT2D eigenvalue weighted by atomic mass is 32.2. The first kappa shape index (κ1) is 22.2. The van der Waals surface area contributed by atoms with E-state index < -0.39 is 10.0 Å². The van der Waals surface area contributed by atoms with E-state index in [9.17, 15) is 13.2 Å². The Morgan fingerprint density at radius 3 is 2.70 bits per heavy atom. The minimum Gasteiger partial charge on any atom is -0.341 e. The summed E-state index contributed by atoms with van der Waals surface area (Å²) in [5.41, 5.74) is 1.03. The molecule has 0 bridgehead atoms. The van der Waals surface area contributed by atoms with Crippen LogP contribution in [-0.4, -0.2) is 49.9 Å². The first-order valence-corrected chi connectivity index (χ1v) is 12.3. The molecule has 1 aromatic rings. The number of hydrogen-bond acceptors (Lipinski definition) is 4. The highest BCUT2D eigenvalue weighted by Gasteiger charge is 2.27. The lowest BCUT2D eigenvalue weighted by atomic mass is 9.98. The molecule has 0 radical (unpaired) electrons. The molecule has 0 aliphatic carbocycles. The van der Waals surface area contributed by atoms with Gasteiger partial charge in [-0.1, -0.05) is 31.0 Å². The quantitative estimate of drug-likeness (QED) is 0.631. The van der Waals surface area contributed by atoms with Crippen LogP contribution in [0.25, 0.3) is 0 Å². The van der Waals surface area contributed by atoms with Crippen molar-refractivity contribution in [2.75, 3.05) is 25.4 Å². The Kier molecular flexibility index (Phi) is 8.63. The number of carbonyl (C=O) groups is 1. The Balaban J connectivity index is 1.87. The third-order valence-corrected chi connectivity index (χ3v) is 7.60. The van der Waals surface area contributed by atoms with Gasteiger partial charge in [0.15, 0.2) is 0 Å². The molecule has 1 aromatic carbocycles. The zero-order valence-corrected chi connectivity index (χ0v) is 18.2. The third kappa shape index (κ3) is 6.80. The van der Waals surface area contributed by atoms with Crippen molar-refractivity contribution in [2.45, 2.75) is 56.6 Å². The van der Waals surface area contributed by atoms with Crippen LogP contribution in [0.15, 0.2) is 29.2 Å². The van der Waals surface area contributed by atoms with Crippen molar-refractivity contribution in [3.63, 3.8) is 0 Å². The SMILES string of the molecule is CCCCSC(C)C(=O)N1CCCC(CNS(=O)(=O)c2ccc(C)cc2)C1. The normalized spacial score (nSPS) is 19.1. The van der Waals surface area contributed by atoms with Gasteiger partial charge in [0.25, 0.3) is 0 Å². The highest BCUT2D eigenvalue weighted by molar-refractivity contribution is 8.00. The molecular weight excluding hydrogens is 380 g/mol. The largest absolute Gasteiger partial charge is 0.341 e. The minimum atomic E-state index is -3.50. The standard InChI is InChI=1S/C20H32N2O3S2/c1-4-5-13-26-17(3)20(23)22-12-6-7-18(15-22)14-21-27(24,25)19-10-8-16(2)9-11-19/h8-11,17-18,21H,4-7,12-15H2,1-3H3. The number of sulfonamides is 1. The summed E-state index contributed by atoms with van der Waals surface area (Å²) in [6.07, 6.45) is 4.14. The van der Waals surface area contributed by atoms with E-state index in [1.54, 1.807) is 36.0 Å². The molecule has 1 heterocycles. The molecule has 1 saturated heterocycles. The number of likely N-dealkylation sites (tertiary alicyclic amines) is 1. The van der Waals surface area contributed by atoms with E-state index in [0.29, 0.717) is 13.1 Å². The number of amides is 1. The summed E-state index contributed by atoms with van der Waals surface area (Å²) in [7, 11) is -3.50. The maximum Gasteiger partial charge on any atom is 0.240 e. The average Bonchev–Trinajstić information content (AvgIpc) is 2.66. The Morgan fingerprint density at radius 1 is 1.33 bits per heavy atom. The maximum atomic E-state index is 12.7. The van der Waals surface area contributed by atoms with Crippen molar-refractivity contribution >= 4 is 27.7 Å². The number of carbonyl (C=O) groups excluding carboxylic acids is 1. The number of nitrogens with zero attached hydrogens (tertiary/aromatic N) is 1. The van der Waals surface area contributed by atoms with Gasteiger partial charge in [0.2, 0.25) is 15.9 Å². The van der Waals surface area contributed by atoms with Crippen molar-refractivity contribution in [1.82, 2.24) is 9.62 Å². The van der Waals surface area contributed by atoms with Gasteiger partial charge in [0.05, 0.1) is 10.1 Å². The van der Waals surface area contributed by atoms with Gasteiger partial charge in [-0.15, -0.1) is 11.8 Å². The van der Waals surface area contributed by atoms with Gasteiger partial charge in [-0.25, -0.2) is 13.1 Å². The number of piperidine rings is 1. The topological polar surface area (TPSA) is 66.5 Å². The molecule has 1 amide bonds. The molecule has 2 rings (SSSR count). The summed E-state index contributed by atoms with van der Waals surface area (Å²) >= 11 is 1.72. The van der Waals surface area contributed by atoms with Crippen molar-refractivity contribution in [1.29, 1.82) is 0 Å². The fourth-order valence-corrected chi connectivity index (χ4v) is 5.41. The molecule has 27 heavy (non-hydrogen) atoms. The predicted octanol–water partition coefficient (Wildman–Crippen LogP) is 3.43. The van der Waals surface area contributed by atoms with Gasteiger partial charge >= 0.3 is 0 Å². The average molecular weight is 413 g/mol. The second-order valence-corrected chi connectivity index (χ2v) is 10.5. The number of rotatable bonds is 9. The Morgan fingerprint density at radius 2 is 2.04 bits per heavy atom. The lowest BCUT2D eigenvalue weighted by molar-refractivity contribution is -0.132. The number of nitrogens with one attached hydrogen (secondary N) is 1. The van der Waals surface area contributed by atoms with Crippen LogP contribution in [-0.2, 0) is 14.8 Å². The molecule has 2 unspecified atom stereocenters. The number of aryl methyl sites for hydroxylation is 1. The maximum absolute atomic E-state index is 12.7. The molecule has 152 valence electrons. The summed E-state index contributed by atoms with van der Waals surface area (Å²) in [5, 5.41) is -0.0282. The van der Waals surface area contributed by atoms with E-state index in [2.05, 4.69) is 11.6 Å². The molecule has 0 spiro atoms.